The van der Waals surface area contributed by atoms with Gasteiger partial charge in [-0.3, -0.25) is 4.18 Å². The van der Waals surface area contributed by atoms with Crippen molar-refractivity contribution in [2.24, 2.45) is 5.92 Å². The molecule has 19 heavy (non-hydrogen) atoms. The van der Waals surface area contributed by atoms with E-state index in [4.69, 9.17) is 0 Å². The molecule has 0 fully saturated rings. The first-order valence-electron chi connectivity index (χ1n) is 7.02. The van der Waals surface area contributed by atoms with Crippen LogP contribution in [-0.2, 0) is 14.6 Å². The molecule has 0 amide bonds. The summed E-state index contributed by atoms with van der Waals surface area (Å²) in [6.45, 7) is 4.54. The van der Waals surface area contributed by atoms with Crippen molar-refractivity contribution in [1.82, 2.24) is 0 Å². The summed E-state index contributed by atoms with van der Waals surface area (Å²) in [5.41, 5.74) is 0. The molecule has 0 aromatic rings. The van der Waals surface area contributed by atoms with Crippen LogP contribution in [0.5, 0.6) is 0 Å². The van der Waals surface area contributed by atoms with Crippen molar-refractivity contribution in [2.75, 3.05) is 6.61 Å². The Morgan fingerprint density at radius 1 is 0.895 bits per heavy atom. The number of hydrogen-bond acceptors (Lipinski definition) is 4. The molecule has 0 spiro atoms. The van der Waals surface area contributed by atoms with Crippen molar-refractivity contribution in [3.63, 3.8) is 0 Å². The largest absolute Gasteiger partial charge is 1.00 e. The van der Waals surface area contributed by atoms with Crippen molar-refractivity contribution in [3.05, 3.63) is 0 Å². The van der Waals surface area contributed by atoms with Crippen LogP contribution < -0.4 is 29.6 Å². The third-order valence-corrected chi connectivity index (χ3v) is 3.36. The second-order valence-electron chi connectivity index (χ2n) is 5.24. The zero-order valence-corrected chi connectivity index (χ0v) is 15.5. The van der Waals surface area contributed by atoms with Gasteiger partial charge in [-0.1, -0.05) is 65.2 Å². The van der Waals surface area contributed by atoms with E-state index in [2.05, 4.69) is 18.0 Å². The molecule has 0 saturated heterocycles. The van der Waals surface area contributed by atoms with Crippen LogP contribution in [0.25, 0.3) is 0 Å². The smallest absolute Gasteiger partial charge is 0.726 e. The molecule has 6 heteroatoms. The van der Waals surface area contributed by atoms with E-state index in [9.17, 15) is 13.0 Å². The molecule has 0 heterocycles. The van der Waals surface area contributed by atoms with E-state index in [1.807, 2.05) is 0 Å². The monoisotopic (exact) mass is 302 g/mol. The number of rotatable bonds is 12. The summed E-state index contributed by atoms with van der Waals surface area (Å²) in [5.74, 6) is 0.808. The Morgan fingerprint density at radius 3 is 1.74 bits per heavy atom. The Bertz CT molecular complexity index is 278. The van der Waals surface area contributed by atoms with E-state index in [0.29, 0.717) is 6.42 Å². The fraction of sp³-hybridized carbons (Fsp3) is 1.00. The average molecular weight is 302 g/mol. The minimum atomic E-state index is -4.49. The Balaban J connectivity index is 0. The van der Waals surface area contributed by atoms with Crippen molar-refractivity contribution in [3.8, 4) is 0 Å². The van der Waals surface area contributed by atoms with Gasteiger partial charge < -0.3 is 4.55 Å². The maximum Gasteiger partial charge on any atom is 1.00 e. The van der Waals surface area contributed by atoms with Gasteiger partial charge in [0, 0.05) is 0 Å². The molecule has 0 rings (SSSR count). The van der Waals surface area contributed by atoms with Crippen LogP contribution in [0.2, 0.25) is 0 Å². The van der Waals surface area contributed by atoms with Crippen molar-refractivity contribution >= 4 is 10.4 Å². The van der Waals surface area contributed by atoms with Crippen LogP contribution >= 0.6 is 0 Å². The summed E-state index contributed by atoms with van der Waals surface area (Å²) < 4.78 is 34.5. The molecule has 4 nitrogen and oxygen atoms in total. The number of unbranched alkanes of at least 4 members (excludes halogenated alkanes) is 7. The van der Waals surface area contributed by atoms with E-state index < -0.39 is 10.4 Å². The minimum absolute atomic E-state index is 0. The fourth-order valence-electron chi connectivity index (χ4n) is 1.88. The Hall–Kier alpha value is 0.870. The molecule has 0 atom stereocenters. The predicted octanol–water partition coefficient (Wildman–Crippen LogP) is 0.634. The zero-order chi connectivity index (χ0) is 13.9. The normalized spacial score (nSPS) is 11.6. The van der Waals surface area contributed by atoms with Gasteiger partial charge in [0.2, 0.25) is 10.4 Å². The van der Waals surface area contributed by atoms with Crippen LogP contribution in [0.1, 0.15) is 71.6 Å². The van der Waals surface area contributed by atoms with E-state index >= 15 is 0 Å². The van der Waals surface area contributed by atoms with E-state index in [1.54, 1.807) is 0 Å². The van der Waals surface area contributed by atoms with Gasteiger partial charge in [-0.2, -0.15) is 0 Å². The van der Waals surface area contributed by atoms with Crippen LogP contribution in [-0.4, -0.2) is 19.6 Å². The van der Waals surface area contributed by atoms with Crippen LogP contribution in [0.4, 0.5) is 0 Å². The van der Waals surface area contributed by atoms with Gasteiger partial charge in [-0.25, -0.2) is 8.42 Å². The molecule has 0 unspecified atom stereocenters. The SMILES string of the molecule is CC(C)CCCCCCCCCCOS(=O)(=O)[O-].[Na+]. The molecule has 0 bridgehead atoms. The second kappa shape index (κ2) is 13.8. The maximum absolute atomic E-state index is 10.1. The Morgan fingerprint density at radius 2 is 1.32 bits per heavy atom. The molecular weight excluding hydrogens is 275 g/mol. The molecule has 0 aromatic heterocycles. The Kier molecular flexibility index (Phi) is 16.1. The van der Waals surface area contributed by atoms with E-state index in [1.165, 1.54) is 38.5 Å². The molecule has 0 saturated carbocycles. The third-order valence-electron chi connectivity index (χ3n) is 2.90. The molecule has 0 aromatic carbocycles. The van der Waals surface area contributed by atoms with Crippen LogP contribution in [0.15, 0.2) is 0 Å². The van der Waals surface area contributed by atoms with Crippen molar-refractivity contribution in [1.29, 1.82) is 0 Å². The molecule has 110 valence electrons. The zero-order valence-electron chi connectivity index (χ0n) is 12.7. The maximum atomic E-state index is 10.1. The molecule has 0 aliphatic rings. The summed E-state index contributed by atoms with van der Waals surface area (Å²) in [6.07, 6.45) is 10.4. The minimum Gasteiger partial charge on any atom is -0.726 e. The van der Waals surface area contributed by atoms with Gasteiger partial charge in [0.1, 0.15) is 0 Å². The van der Waals surface area contributed by atoms with E-state index in [-0.39, 0.29) is 36.2 Å². The first-order chi connectivity index (χ1) is 8.42. The van der Waals surface area contributed by atoms with Crippen molar-refractivity contribution < 1.29 is 46.7 Å². The third kappa shape index (κ3) is 21.3. The molecule has 0 aliphatic carbocycles. The molecule has 0 radical (unpaired) electrons. The summed E-state index contributed by atoms with van der Waals surface area (Å²) in [4.78, 5) is 0. The van der Waals surface area contributed by atoms with Crippen molar-refractivity contribution in [2.45, 2.75) is 71.6 Å². The van der Waals surface area contributed by atoms with Gasteiger partial charge in [0.05, 0.1) is 6.61 Å². The van der Waals surface area contributed by atoms with Gasteiger partial charge in [-0.15, -0.1) is 0 Å². The molecule has 0 N–H and O–H groups in total. The topological polar surface area (TPSA) is 66.4 Å². The quantitative estimate of drug-likeness (QED) is 0.230. The van der Waals surface area contributed by atoms with Crippen LogP contribution in [0.3, 0.4) is 0 Å². The summed E-state index contributed by atoms with van der Waals surface area (Å²) >= 11 is 0. The van der Waals surface area contributed by atoms with Gasteiger partial charge in [-0.05, 0) is 12.3 Å². The molecular formula is C13H27NaO4S. The fourth-order valence-corrected chi connectivity index (χ4v) is 2.20. The Labute approximate surface area is 140 Å². The second-order valence-corrected chi connectivity index (χ2v) is 6.29. The predicted molar refractivity (Wildman–Crippen MR) is 72.0 cm³/mol. The summed E-state index contributed by atoms with van der Waals surface area (Å²) in [7, 11) is -4.49. The van der Waals surface area contributed by atoms with Gasteiger partial charge in [0.25, 0.3) is 0 Å². The van der Waals surface area contributed by atoms with Gasteiger partial charge >= 0.3 is 29.6 Å². The summed E-state index contributed by atoms with van der Waals surface area (Å²) in [6, 6.07) is 0. The summed E-state index contributed by atoms with van der Waals surface area (Å²) in [5, 5.41) is 0. The van der Waals surface area contributed by atoms with Gasteiger partial charge in [0.15, 0.2) is 0 Å². The molecule has 0 aliphatic heterocycles. The van der Waals surface area contributed by atoms with E-state index in [0.717, 1.165) is 18.8 Å². The first kappa shape index (κ1) is 22.2. The van der Waals surface area contributed by atoms with Crippen LogP contribution in [0, 0.1) is 5.92 Å². The standard InChI is InChI=1S/C13H28O4S.Na/c1-13(2)11-9-7-5-3-4-6-8-10-12-17-18(14,15)16;/h13H,3-12H2,1-2H3,(H,14,15,16);/q;+1/p-1. The average Bonchev–Trinajstić information content (AvgIpc) is 2.24. The number of hydrogen-bond donors (Lipinski definition) is 0. The first-order valence-corrected chi connectivity index (χ1v) is 8.35.